The Bertz CT molecular complexity index is 276. The minimum atomic E-state index is 0.256. The largest absolute Gasteiger partial charge is 0.466 e. The van der Waals surface area contributed by atoms with E-state index < -0.39 is 0 Å². The maximum absolute atomic E-state index is 5.40. The Morgan fingerprint density at radius 3 is 2.67 bits per heavy atom. The molecule has 1 aromatic rings. The molecule has 0 fully saturated rings. The second-order valence-electron chi connectivity index (χ2n) is 3.02. The summed E-state index contributed by atoms with van der Waals surface area (Å²) in [5.41, 5.74) is 1.17. The van der Waals surface area contributed by atoms with Gasteiger partial charge in [0.05, 0.1) is 11.1 Å². The molecule has 1 aromatic carbocycles. The van der Waals surface area contributed by atoms with Gasteiger partial charge in [0.15, 0.2) is 6.79 Å². The fraction of sp³-hybridized carbons (Fsp3) is 0.455. The van der Waals surface area contributed by atoms with E-state index in [9.17, 15) is 0 Å². The molecular weight excluding hydrogens is 260 g/mol. The van der Waals surface area contributed by atoms with Gasteiger partial charge in [0, 0.05) is 14.2 Å². The Hall–Kier alpha value is -0.580. The third-order valence-corrected chi connectivity index (χ3v) is 2.85. The number of benzene rings is 1. The van der Waals surface area contributed by atoms with E-state index in [0.717, 1.165) is 16.6 Å². The van der Waals surface area contributed by atoms with Crippen molar-refractivity contribution >= 4 is 15.9 Å². The van der Waals surface area contributed by atoms with Crippen LogP contribution in [0.2, 0.25) is 0 Å². The first-order valence-electron chi connectivity index (χ1n) is 4.67. The molecule has 0 heterocycles. The highest BCUT2D eigenvalue weighted by molar-refractivity contribution is 9.10. The first-order chi connectivity index (χ1) is 7.29. The van der Waals surface area contributed by atoms with Gasteiger partial charge >= 0.3 is 0 Å². The van der Waals surface area contributed by atoms with E-state index >= 15 is 0 Å². The first kappa shape index (κ1) is 12.5. The van der Waals surface area contributed by atoms with Crippen molar-refractivity contribution in [2.75, 3.05) is 27.6 Å². The smallest absolute Gasteiger partial charge is 0.188 e. The molecule has 0 bridgehead atoms. The van der Waals surface area contributed by atoms with Crippen molar-refractivity contribution < 1.29 is 14.2 Å². The van der Waals surface area contributed by atoms with Crippen molar-refractivity contribution in [1.82, 2.24) is 0 Å². The van der Waals surface area contributed by atoms with Gasteiger partial charge in [0.2, 0.25) is 0 Å². The van der Waals surface area contributed by atoms with Crippen molar-refractivity contribution in [2.45, 2.75) is 6.42 Å². The molecule has 84 valence electrons. The Balaban J connectivity index is 2.71. The predicted molar refractivity (Wildman–Crippen MR) is 62.2 cm³/mol. The summed E-state index contributed by atoms with van der Waals surface area (Å²) < 4.78 is 16.3. The molecule has 0 radical (unpaired) electrons. The van der Waals surface area contributed by atoms with Gasteiger partial charge in [-0.15, -0.1) is 0 Å². The molecule has 0 spiro atoms. The van der Waals surface area contributed by atoms with Gasteiger partial charge < -0.3 is 14.2 Å². The number of rotatable bonds is 6. The summed E-state index contributed by atoms with van der Waals surface area (Å²) >= 11 is 3.51. The Kier molecular flexibility index (Phi) is 5.68. The average molecular weight is 275 g/mol. The van der Waals surface area contributed by atoms with Gasteiger partial charge in [-0.05, 0) is 34.0 Å². The summed E-state index contributed by atoms with van der Waals surface area (Å²) in [7, 11) is 3.29. The van der Waals surface area contributed by atoms with Crippen LogP contribution in [0.25, 0.3) is 0 Å². The van der Waals surface area contributed by atoms with Crippen LogP contribution in [0.4, 0.5) is 0 Å². The number of hydrogen-bond acceptors (Lipinski definition) is 3. The topological polar surface area (TPSA) is 27.7 Å². The van der Waals surface area contributed by atoms with E-state index in [1.165, 1.54) is 5.56 Å². The van der Waals surface area contributed by atoms with Gasteiger partial charge in [-0.1, -0.05) is 12.1 Å². The van der Waals surface area contributed by atoms with Crippen molar-refractivity contribution in [3.63, 3.8) is 0 Å². The van der Waals surface area contributed by atoms with Crippen molar-refractivity contribution in [3.8, 4) is 5.75 Å². The van der Waals surface area contributed by atoms with E-state index in [1.807, 2.05) is 18.2 Å². The van der Waals surface area contributed by atoms with Crippen LogP contribution in [0, 0.1) is 0 Å². The third-order valence-electron chi connectivity index (χ3n) is 1.95. The maximum Gasteiger partial charge on any atom is 0.188 e. The van der Waals surface area contributed by atoms with E-state index in [4.69, 9.17) is 14.2 Å². The fourth-order valence-corrected chi connectivity index (χ4v) is 1.77. The highest BCUT2D eigenvalue weighted by Crippen LogP contribution is 2.28. The van der Waals surface area contributed by atoms with Crippen LogP contribution in [0.15, 0.2) is 22.7 Å². The molecule has 0 aromatic heterocycles. The molecule has 0 aliphatic heterocycles. The molecule has 0 aliphatic carbocycles. The second kappa shape index (κ2) is 6.82. The van der Waals surface area contributed by atoms with Gasteiger partial charge in [0.1, 0.15) is 5.75 Å². The molecule has 1 rings (SSSR count). The Labute approximate surface area is 98.5 Å². The van der Waals surface area contributed by atoms with E-state index in [-0.39, 0.29) is 6.79 Å². The molecule has 0 atom stereocenters. The van der Waals surface area contributed by atoms with Crippen LogP contribution in [0.5, 0.6) is 5.75 Å². The quantitative estimate of drug-likeness (QED) is 0.747. The second-order valence-corrected chi connectivity index (χ2v) is 3.82. The van der Waals surface area contributed by atoms with Crippen molar-refractivity contribution in [1.29, 1.82) is 0 Å². The number of methoxy groups -OCH3 is 2. The fourth-order valence-electron chi connectivity index (χ4n) is 1.20. The monoisotopic (exact) mass is 274 g/mol. The highest BCUT2D eigenvalue weighted by atomic mass is 79.9. The Morgan fingerprint density at radius 1 is 1.20 bits per heavy atom. The lowest BCUT2D eigenvalue weighted by Crippen LogP contribution is -2.01. The van der Waals surface area contributed by atoms with E-state index in [1.54, 1.807) is 14.2 Å². The lowest BCUT2D eigenvalue weighted by atomic mass is 10.1. The molecule has 0 saturated heterocycles. The van der Waals surface area contributed by atoms with E-state index in [0.29, 0.717) is 6.61 Å². The van der Waals surface area contributed by atoms with E-state index in [2.05, 4.69) is 15.9 Å². The maximum atomic E-state index is 5.40. The van der Waals surface area contributed by atoms with Crippen LogP contribution >= 0.6 is 15.9 Å². The minimum Gasteiger partial charge on any atom is -0.466 e. The summed E-state index contributed by atoms with van der Waals surface area (Å²) in [6, 6.07) is 5.91. The van der Waals surface area contributed by atoms with Crippen LogP contribution < -0.4 is 4.74 Å². The zero-order valence-electron chi connectivity index (χ0n) is 8.96. The first-order valence-corrected chi connectivity index (χ1v) is 5.47. The molecule has 0 unspecified atom stereocenters. The van der Waals surface area contributed by atoms with Gasteiger partial charge in [-0.2, -0.15) is 0 Å². The number of ether oxygens (including phenoxy) is 3. The number of hydrogen-bond donors (Lipinski definition) is 0. The summed E-state index contributed by atoms with van der Waals surface area (Å²) in [6.07, 6.45) is 0.862. The summed E-state index contributed by atoms with van der Waals surface area (Å²) in [6.45, 7) is 0.957. The molecule has 0 aliphatic rings. The molecule has 15 heavy (non-hydrogen) atoms. The zero-order chi connectivity index (χ0) is 11.1. The molecular formula is C11H15BrO3. The van der Waals surface area contributed by atoms with Crippen LogP contribution in [0.1, 0.15) is 5.56 Å². The SMILES string of the molecule is COCCc1cccc(OCOC)c1Br. The normalized spacial score (nSPS) is 10.3. The summed E-state index contributed by atoms with van der Waals surface area (Å²) in [5.74, 6) is 0.797. The van der Waals surface area contributed by atoms with Crippen LogP contribution in [-0.2, 0) is 15.9 Å². The van der Waals surface area contributed by atoms with Crippen LogP contribution in [0.3, 0.4) is 0 Å². The lowest BCUT2D eigenvalue weighted by Gasteiger charge is -2.10. The van der Waals surface area contributed by atoms with Gasteiger partial charge in [-0.25, -0.2) is 0 Å². The van der Waals surface area contributed by atoms with Crippen molar-refractivity contribution in [2.24, 2.45) is 0 Å². The summed E-state index contributed by atoms with van der Waals surface area (Å²) in [4.78, 5) is 0. The van der Waals surface area contributed by atoms with Gasteiger partial charge in [0.25, 0.3) is 0 Å². The standard InChI is InChI=1S/C11H15BrO3/c1-13-7-6-9-4-3-5-10(11(9)12)15-8-14-2/h3-5H,6-8H2,1-2H3. The molecule has 0 saturated carbocycles. The molecule has 3 nitrogen and oxygen atoms in total. The zero-order valence-corrected chi connectivity index (χ0v) is 10.5. The van der Waals surface area contributed by atoms with Crippen LogP contribution in [-0.4, -0.2) is 27.6 Å². The third kappa shape index (κ3) is 3.81. The predicted octanol–water partition coefficient (Wildman–Crippen LogP) is 2.62. The average Bonchev–Trinajstić information content (AvgIpc) is 2.26. The van der Waals surface area contributed by atoms with Crippen molar-refractivity contribution in [3.05, 3.63) is 28.2 Å². The lowest BCUT2D eigenvalue weighted by molar-refractivity contribution is 0.0505. The molecule has 0 amide bonds. The highest BCUT2D eigenvalue weighted by Gasteiger charge is 2.06. The molecule has 0 N–H and O–H groups in total. The van der Waals surface area contributed by atoms with Gasteiger partial charge in [-0.3, -0.25) is 0 Å². The Morgan fingerprint density at radius 2 is 2.00 bits per heavy atom. The molecule has 4 heteroatoms. The minimum absolute atomic E-state index is 0.256. The summed E-state index contributed by atoms with van der Waals surface area (Å²) in [5, 5.41) is 0. The number of halogens is 1.